The molecule has 8 heteroatoms. The van der Waals surface area contributed by atoms with Crippen LogP contribution in [0.5, 0.6) is 0 Å². The van der Waals surface area contributed by atoms with Crippen LogP contribution in [0.1, 0.15) is 18.7 Å². The summed E-state index contributed by atoms with van der Waals surface area (Å²) in [6.07, 6.45) is 1.61. The van der Waals surface area contributed by atoms with E-state index in [1.54, 1.807) is 19.2 Å². The predicted molar refractivity (Wildman–Crippen MR) is 92.6 cm³/mol. The second kappa shape index (κ2) is 8.86. The molecule has 2 heterocycles. The van der Waals surface area contributed by atoms with Gasteiger partial charge in [-0.05, 0) is 50.2 Å². The van der Waals surface area contributed by atoms with E-state index in [1.165, 1.54) is 12.1 Å². The number of nitrogens with one attached hydrogen (secondary N) is 1. The van der Waals surface area contributed by atoms with Gasteiger partial charge in [-0.25, -0.2) is 4.39 Å². The molecule has 0 bridgehead atoms. The lowest BCUT2D eigenvalue weighted by Gasteiger charge is -2.30. The number of rotatable bonds is 7. The van der Waals surface area contributed by atoms with Crippen LogP contribution < -0.4 is 5.32 Å². The zero-order chi connectivity index (χ0) is 18.4. The second-order valence-corrected chi connectivity index (χ2v) is 6.35. The summed E-state index contributed by atoms with van der Waals surface area (Å²) in [5.74, 6) is 0.810. The molecule has 1 aliphatic heterocycles. The Bertz CT molecular complexity index is 711. The maximum Gasteiger partial charge on any atom is 0.241 e. The highest BCUT2D eigenvalue weighted by atomic mass is 19.1. The van der Waals surface area contributed by atoms with Crippen molar-refractivity contribution >= 4 is 5.91 Å². The van der Waals surface area contributed by atoms with Crippen molar-refractivity contribution < 1.29 is 18.4 Å². The first-order valence-corrected chi connectivity index (χ1v) is 8.73. The van der Waals surface area contributed by atoms with Crippen LogP contribution in [0.3, 0.4) is 0 Å². The molecule has 1 aromatic carbocycles. The molecule has 7 nitrogen and oxygen atoms in total. The minimum atomic E-state index is -0.299. The van der Waals surface area contributed by atoms with Gasteiger partial charge in [0.05, 0.1) is 13.2 Å². The second-order valence-electron chi connectivity index (χ2n) is 6.35. The Hall–Kier alpha value is -2.32. The third-order valence-corrected chi connectivity index (χ3v) is 4.49. The highest BCUT2D eigenvalue weighted by Gasteiger charge is 2.25. The fourth-order valence-corrected chi connectivity index (χ4v) is 3.00. The summed E-state index contributed by atoms with van der Waals surface area (Å²) < 4.78 is 23.2. The lowest BCUT2D eigenvalue weighted by atomic mass is 9.96. The molecule has 0 spiro atoms. The van der Waals surface area contributed by atoms with Crippen molar-refractivity contribution in [3.8, 4) is 11.4 Å². The smallest absolute Gasteiger partial charge is 0.241 e. The van der Waals surface area contributed by atoms with Crippen LogP contribution in [-0.2, 0) is 16.1 Å². The van der Waals surface area contributed by atoms with Crippen LogP contribution >= 0.6 is 0 Å². The van der Waals surface area contributed by atoms with Gasteiger partial charge in [0.15, 0.2) is 0 Å². The molecule has 1 N–H and O–H groups in total. The fraction of sp³-hybridized carbons (Fsp3) is 0.500. The molecule has 0 saturated carbocycles. The van der Waals surface area contributed by atoms with E-state index in [0.29, 0.717) is 37.0 Å². The van der Waals surface area contributed by atoms with Crippen LogP contribution in [0.25, 0.3) is 11.4 Å². The van der Waals surface area contributed by atoms with Gasteiger partial charge in [0, 0.05) is 25.1 Å². The number of hydrogen-bond donors (Lipinski definition) is 1. The number of halogens is 1. The summed E-state index contributed by atoms with van der Waals surface area (Å²) in [5, 5.41) is 6.85. The van der Waals surface area contributed by atoms with E-state index in [1.807, 2.05) is 0 Å². The standard InChI is InChI=1S/C18H23FN4O3/c1-25-11-8-20-18(24)14-6-9-23(10-7-14)12-16-21-17(22-26-16)13-2-4-15(19)5-3-13/h2-5,14H,6-12H2,1H3,(H,20,24). The number of hydrogen-bond acceptors (Lipinski definition) is 6. The molecule has 0 aliphatic carbocycles. The molecule has 0 unspecified atom stereocenters. The minimum absolute atomic E-state index is 0.0422. The van der Waals surface area contributed by atoms with Crippen LogP contribution in [0.4, 0.5) is 4.39 Å². The molecule has 1 aromatic heterocycles. The number of amides is 1. The lowest BCUT2D eigenvalue weighted by Crippen LogP contribution is -2.41. The molecule has 26 heavy (non-hydrogen) atoms. The van der Waals surface area contributed by atoms with Crippen molar-refractivity contribution in [1.29, 1.82) is 0 Å². The van der Waals surface area contributed by atoms with Crippen LogP contribution in [0, 0.1) is 11.7 Å². The SMILES string of the molecule is COCCNC(=O)C1CCN(Cc2nc(-c3ccc(F)cc3)no2)CC1. The van der Waals surface area contributed by atoms with E-state index in [4.69, 9.17) is 9.26 Å². The Morgan fingerprint density at radius 3 is 2.77 bits per heavy atom. The molecule has 3 rings (SSSR count). The Labute approximate surface area is 151 Å². The Morgan fingerprint density at radius 2 is 2.08 bits per heavy atom. The Kier molecular flexibility index (Phi) is 6.30. The number of piperidine rings is 1. The van der Waals surface area contributed by atoms with E-state index in [9.17, 15) is 9.18 Å². The van der Waals surface area contributed by atoms with Gasteiger partial charge in [-0.1, -0.05) is 5.16 Å². The van der Waals surface area contributed by atoms with E-state index in [-0.39, 0.29) is 17.6 Å². The summed E-state index contributed by atoms with van der Waals surface area (Å²) in [5.41, 5.74) is 0.716. The largest absolute Gasteiger partial charge is 0.383 e. The first-order valence-electron chi connectivity index (χ1n) is 8.73. The normalized spacial score (nSPS) is 15.9. The number of methoxy groups -OCH3 is 1. The van der Waals surface area contributed by atoms with Crippen LogP contribution in [0.2, 0.25) is 0 Å². The number of benzene rings is 1. The minimum Gasteiger partial charge on any atom is -0.383 e. The molecular weight excluding hydrogens is 339 g/mol. The molecule has 1 saturated heterocycles. The van der Waals surface area contributed by atoms with Crippen molar-refractivity contribution in [2.75, 3.05) is 33.4 Å². The molecule has 0 radical (unpaired) electrons. The average molecular weight is 362 g/mol. The van der Waals surface area contributed by atoms with Gasteiger partial charge in [-0.2, -0.15) is 4.98 Å². The topological polar surface area (TPSA) is 80.5 Å². The van der Waals surface area contributed by atoms with Crippen molar-refractivity contribution in [3.05, 3.63) is 36.0 Å². The monoisotopic (exact) mass is 362 g/mol. The third kappa shape index (κ3) is 4.86. The Morgan fingerprint density at radius 1 is 1.35 bits per heavy atom. The summed E-state index contributed by atoms with van der Waals surface area (Å²) in [6.45, 7) is 3.22. The van der Waals surface area contributed by atoms with Gasteiger partial charge in [-0.3, -0.25) is 9.69 Å². The highest BCUT2D eigenvalue weighted by Crippen LogP contribution is 2.20. The fourth-order valence-electron chi connectivity index (χ4n) is 3.00. The van der Waals surface area contributed by atoms with E-state index < -0.39 is 0 Å². The third-order valence-electron chi connectivity index (χ3n) is 4.49. The lowest BCUT2D eigenvalue weighted by molar-refractivity contribution is -0.126. The molecule has 140 valence electrons. The number of likely N-dealkylation sites (tertiary alicyclic amines) is 1. The van der Waals surface area contributed by atoms with Crippen molar-refractivity contribution in [1.82, 2.24) is 20.4 Å². The van der Waals surface area contributed by atoms with Crippen molar-refractivity contribution in [2.24, 2.45) is 5.92 Å². The summed E-state index contributed by atoms with van der Waals surface area (Å²) in [7, 11) is 1.61. The zero-order valence-electron chi connectivity index (χ0n) is 14.8. The van der Waals surface area contributed by atoms with E-state index >= 15 is 0 Å². The Balaban J connectivity index is 1.47. The summed E-state index contributed by atoms with van der Waals surface area (Å²) in [4.78, 5) is 18.6. The van der Waals surface area contributed by atoms with Gasteiger partial charge < -0.3 is 14.6 Å². The molecule has 0 atom stereocenters. The van der Waals surface area contributed by atoms with Crippen LogP contribution in [-0.4, -0.2) is 54.3 Å². The van der Waals surface area contributed by atoms with Gasteiger partial charge in [0.2, 0.25) is 17.6 Å². The average Bonchev–Trinajstić information content (AvgIpc) is 3.11. The number of carbonyl (C=O) groups is 1. The van der Waals surface area contributed by atoms with Gasteiger partial charge >= 0.3 is 0 Å². The number of aromatic nitrogens is 2. The number of carbonyl (C=O) groups excluding carboxylic acids is 1. The quantitative estimate of drug-likeness (QED) is 0.757. The zero-order valence-corrected chi connectivity index (χ0v) is 14.8. The van der Waals surface area contributed by atoms with Crippen molar-refractivity contribution in [2.45, 2.75) is 19.4 Å². The first kappa shape index (κ1) is 18.5. The summed E-state index contributed by atoms with van der Waals surface area (Å²) in [6, 6.07) is 5.98. The maximum absolute atomic E-state index is 13.0. The van der Waals surface area contributed by atoms with E-state index in [2.05, 4.69) is 20.4 Å². The highest BCUT2D eigenvalue weighted by molar-refractivity contribution is 5.78. The first-order chi connectivity index (χ1) is 12.7. The van der Waals surface area contributed by atoms with Crippen LogP contribution in [0.15, 0.2) is 28.8 Å². The van der Waals surface area contributed by atoms with Gasteiger partial charge in [-0.15, -0.1) is 0 Å². The molecule has 1 aliphatic rings. The number of nitrogens with zero attached hydrogens (tertiary/aromatic N) is 3. The number of ether oxygens (including phenoxy) is 1. The summed E-state index contributed by atoms with van der Waals surface area (Å²) >= 11 is 0. The molecule has 2 aromatic rings. The van der Waals surface area contributed by atoms with Crippen molar-refractivity contribution in [3.63, 3.8) is 0 Å². The molecular formula is C18H23FN4O3. The van der Waals surface area contributed by atoms with Gasteiger partial charge in [0.25, 0.3) is 0 Å². The maximum atomic E-state index is 13.0. The van der Waals surface area contributed by atoms with Gasteiger partial charge in [0.1, 0.15) is 5.82 Å². The predicted octanol–water partition coefficient (Wildman–Crippen LogP) is 1.85. The molecule has 1 amide bonds. The van der Waals surface area contributed by atoms with E-state index in [0.717, 1.165) is 25.9 Å². The molecule has 1 fully saturated rings.